The third-order valence-corrected chi connectivity index (χ3v) is 7.93. The zero-order valence-electron chi connectivity index (χ0n) is 23.7. The second-order valence-corrected chi connectivity index (χ2v) is 11.8. The Morgan fingerprint density at radius 3 is 2.66 bits per heavy atom. The van der Waals surface area contributed by atoms with E-state index < -0.39 is 44.1 Å². The highest BCUT2D eigenvalue weighted by molar-refractivity contribution is 7.52. The number of nitrogens with two attached hydrogens (primary N) is 1. The van der Waals surface area contributed by atoms with E-state index in [0.717, 1.165) is 0 Å². The molecular formula is C26H37N6O8P. The predicted octanol–water partition coefficient (Wildman–Crippen LogP) is 3.08. The van der Waals surface area contributed by atoms with E-state index in [4.69, 9.17) is 29.0 Å². The molecule has 1 aliphatic heterocycles. The van der Waals surface area contributed by atoms with Crippen molar-refractivity contribution in [3.05, 3.63) is 36.7 Å². The molecule has 6 unspecified atom stereocenters. The Morgan fingerprint density at radius 2 is 1.98 bits per heavy atom. The molecule has 224 valence electrons. The number of aliphatic hydroxyl groups is 1. The molecule has 15 heteroatoms. The van der Waals surface area contributed by atoms with Crippen molar-refractivity contribution in [1.82, 2.24) is 24.6 Å². The van der Waals surface area contributed by atoms with Gasteiger partial charge in [0.1, 0.15) is 24.1 Å². The lowest BCUT2D eigenvalue weighted by molar-refractivity contribution is -0.146. The van der Waals surface area contributed by atoms with Gasteiger partial charge in [-0.1, -0.05) is 39.0 Å². The summed E-state index contributed by atoms with van der Waals surface area (Å²) in [5.41, 5.74) is 6.66. The molecule has 14 nitrogen and oxygen atoms in total. The molecule has 0 spiro atoms. The summed E-state index contributed by atoms with van der Waals surface area (Å²) in [6.07, 6.45) is -1.12. The van der Waals surface area contributed by atoms with Crippen molar-refractivity contribution in [2.45, 2.75) is 59.1 Å². The van der Waals surface area contributed by atoms with Gasteiger partial charge >= 0.3 is 13.7 Å². The van der Waals surface area contributed by atoms with Gasteiger partial charge in [-0.2, -0.15) is 15.1 Å². The number of imidazole rings is 1. The molecule has 3 heterocycles. The van der Waals surface area contributed by atoms with Crippen molar-refractivity contribution in [3.63, 3.8) is 0 Å². The Bertz CT molecular complexity index is 1370. The number of ether oxygens (including phenoxy) is 3. The van der Waals surface area contributed by atoms with Crippen LogP contribution in [-0.2, 0) is 23.4 Å². The number of para-hydroxylation sites is 1. The topological polar surface area (TPSA) is 182 Å². The fraction of sp³-hybridized carbons (Fsp3) is 0.538. The second-order valence-electron chi connectivity index (χ2n) is 10.1. The standard InChI is InChI=1S/C26H37N6O8P/c1-6-36-23-20-22(29-26(27)30-23)32(14-28-20)24-16(4)21(33)19(39-24)13-38-41(35,40-18-10-8-7-9-11-18)31-17(5)25(34)37-12-15(2)3/h7-11,14-17,19,21,24,33H,6,12-13H2,1-5H3,(H,31,35)(H2,27,29,30). The normalized spacial score (nSPS) is 22.9. The molecule has 1 aliphatic rings. The van der Waals surface area contributed by atoms with Crippen LogP contribution >= 0.6 is 7.75 Å². The van der Waals surface area contributed by atoms with Crippen molar-refractivity contribution in [3.8, 4) is 11.6 Å². The largest absolute Gasteiger partial charge is 0.476 e. The molecule has 2 aromatic heterocycles. The third-order valence-electron chi connectivity index (χ3n) is 6.29. The zero-order valence-corrected chi connectivity index (χ0v) is 24.6. The van der Waals surface area contributed by atoms with Gasteiger partial charge in [0, 0.05) is 5.92 Å². The minimum Gasteiger partial charge on any atom is -0.476 e. The SMILES string of the molecule is CCOc1nc(N)nc2c1ncn2C1OC(COP(=O)(NC(C)C(=O)OCC(C)C)Oc2ccccc2)C(O)C1C. The van der Waals surface area contributed by atoms with Gasteiger partial charge in [0.05, 0.1) is 32.3 Å². The summed E-state index contributed by atoms with van der Waals surface area (Å²) >= 11 is 0. The quantitative estimate of drug-likeness (QED) is 0.195. The highest BCUT2D eigenvalue weighted by Gasteiger charge is 2.44. The first-order valence-corrected chi connectivity index (χ1v) is 15.0. The number of carbonyl (C=O) groups is 1. The number of nitrogens with zero attached hydrogens (tertiary/aromatic N) is 4. The number of benzene rings is 1. The van der Waals surface area contributed by atoms with Gasteiger partial charge in [-0.3, -0.25) is 13.9 Å². The fourth-order valence-corrected chi connectivity index (χ4v) is 5.73. The van der Waals surface area contributed by atoms with E-state index in [-0.39, 0.29) is 36.7 Å². The van der Waals surface area contributed by atoms with Crippen molar-refractivity contribution in [1.29, 1.82) is 0 Å². The van der Waals surface area contributed by atoms with Crippen LogP contribution in [0.4, 0.5) is 5.95 Å². The predicted molar refractivity (Wildman–Crippen MR) is 149 cm³/mol. The summed E-state index contributed by atoms with van der Waals surface area (Å²) in [5.74, 6) is -0.417. The molecule has 41 heavy (non-hydrogen) atoms. The molecular weight excluding hydrogens is 555 g/mol. The van der Waals surface area contributed by atoms with E-state index in [1.54, 1.807) is 41.8 Å². The number of hydrogen-bond acceptors (Lipinski definition) is 12. The van der Waals surface area contributed by atoms with Gasteiger partial charge in [0.25, 0.3) is 0 Å². The van der Waals surface area contributed by atoms with Crippen molar-refractivity contribution in [2.75, 3.05) is 25.6 Å². The highest BCUT2D eigenvalue weighted by Crippen LogP contribution is 2.46. The summed E-state index contributed by atoms with van der Waals surface area (Å²) in [6.45, 7) is 9.18. The van der Waals surface area contributed by atoms with Crippen LogP contribution in [0.15, 0.2) is 36.7 Å². The first-order valence-electron chi connectivity index (χ1n) is 13.4. The molecule has 4 rings (SSSR count). The molecule has 1 saturated heterocycles. The van der Waals surface area contributed by atoms with E-state index >= 15 is 0 Å². The molecule has 0 amide bonds. The molecule has 0 saturated carbocycles. The summed E-state index contributed by atoms with van der Waals surface area (Å²) in [4.78, 5) is 25.2. The number of aromatic nitrogens is 4. The first kappa shape index (κ1) is 30.7. The zero-order chi connectivity index (χ0) is 29.7. The highest BCUT2D eigenvalue weighted by atomic mass is 31.2. The Balaban J connectivity index is 1.51. The Labute approximate surface area is 238 Å². The van der Waals surface area contributed by atoms with Crippen LogP contribution in [-0.4, -0.2) is 68.7 Å². The van der Waals surface area contributed by atoms with E-state index in [1.165, 1.54) is 13.3 Å². The first-order chi connectivity index (χ1) is 19.5. The molecule has 0 bridgehead atoms. The van der Waals surface area contributed by atoms with Crippen molar-refractivity contribution in [2.24, 2.45) is 11.8 Å². The van der Waals surface area contributed by atoms with Crippen LogP contribution < -0.4 is 20.1 Å². The molecule has 1 aromatic carbocycles. The lowest BCUT2D eigenvalue weighted by Crippen LogP contribution is -2.37. The lowest BCUT2D eigenvalue weighted by Gasteiger charge is -2.25. The van der Waals surface area contributed by atoms with Crippen LogP contribution in [0, 0.1) is 11.8 Å². The lowest BCUT2D eigenvalue weighted by atomic mass is 10.0. The van der Waals surface area contributed by atoms with Gasteiger partial charge in [-0.15, -0.1) is 0 Å². The van der Waals surface area contributed by atoms with Crippen LogP contribution in [0.2, 0.25) is 0 Å². The number of hydrogen-bond donors (Lipinski definition) is 3. The second kappa shape index (κ2) is 13.1. The van der Waals surface area contributed by atoms with E-state index in [9.17, 15) is 14.5 Å². The Kier molecular flexibility index (Phi) is 9.82. The summed E-state index contributed by atoms with van der Waals surface area (Å²) in [5, 5.41) is 13.7. The van der Waals surface area contributed by atoms with Gasteiger partial charge in [0.15, 0.2) is 11.2 Å². The van der Waals surface area contributed by atoms with Crippen LogP contribution in [0.25, 0.3) is 11.2 Å². The number of carbonyl (C=O) groups excluding carboxylic acids is 1. The molecule has 0 aliphatic carbocycles. The van der Waals surface area contributed by atoms with Crippen LogP contribution in [0.3, 0.4) is 0 Å². The number of rotatable bonds is 13. The van der Waals surface area contributed by atoms with Gasteiger partial charge in [-0.05, 0) is 31.9 Å². The van der Waals surface area contributed by atoms with Gasteiger partial charge < -0.3 is 29.6 Å². The minimum atomic E-state index is -4.15. The maximum Gasteiger partial charge on any atom is 0.459 e. The van der Waals surface area contributed by atoms with E-state index in [2.05, 4.69) is 20.0 Å². The van der Waals surface area contributed by atoms with Crippen molar-refractivity contribution >= 4 is 30.8 Å². The number of anilines is 1. The average Bonchev–Trinajstić information content (AvgIpc) is 3.47. The number of fused-ring (bicyclic) bond motifs is 1. The van der Waals surface area contributed by atoms with E-state index in [0.29, 0.717) is 17.8 Å². The molecule has 0 radical (unpaired) electrons. The Morgan fingerprint density at radius 1 is 1.24 bits per heavy atom. The minimum absolute atomic E-state index is 0.0000962. The summed E-state index contributed by atoms with van der Waals surface area (Å²) < 4.78 is 43.9. The van der Waals surface area contributed by atoms with Crippen molar-refractivity contribution < 1.29 is 37.7 Å². The molecule has 6 atom stereocenters. The van der Waals surface area contributed by atoms with E-state index in [1.807, 2.05) is 20.8 Å². The maximum atomic E-state index is 13.8. The fourth-order valence-electron chi connectivity index (χ4n) is 4.22. The molecule has 4 N–H and O–H groups in total. The number of aliphatic hydroxyl groups excluding tert-OH is 1. The van der Waals surface area contributed by atoms with Crippen LogP contribution in [0.5, 0.6) is 11.6 Å². The molecule has 3 aromatic rings. The number of nitrogens with one attached hydrogen (secondary N) is 1. The smallest absolute Gasteiger partial charge is 0.459 e. The summed E-state index contributed by atoms with van der Waals surface area (Å²) in [6, 6.07) is 7.39. The third kappa shape index (κ3) is 7.32. The maximum absolute atomic E-state index is 13.8. The number of nitrogen functional groups attached to an aromatic ring is 1. The monoisotopic (exact) mass is 592 g/mol. The van der Waals surface area contributed by atoms with Gasteiger partial charge in [-0.25, -0.2) is 9.55 Å². The Hall–Kier alpha value is -3.29. The molecule has 1 fully saturated rings. The number of esters is 1. The van der Waals surface area contributed by atoms with Gasteiger partial charge in [0.2, 0.25) is 11.8 Å². The summed E-state index contributed by atoms with van der Waals surface area (Å²) in [7, 11) is -4.15. The average molecular weight is 593 g/mol. The van der Waals surface area contributed by atoms with Crippen LogP contribution in [0.1, 0.15) is 40.8 Å².